The largest absolute Gasteiger partial charge is 0.479 e. The minimum atomic E-state index is -4.47. The van der Waals surface area contributed by atoms with Gasteiger partial charge in [0, 0.05) is 17.0 Å². The van der Waals surface area contributed by atoms with E-state index in [0.717, 1.165) is 23.8 Å². The third-order valence-electron chi connectivity index (χ3n) is 3.49. The number of esters is 1. The topological polar surface area (TPSA) is 51.3 Å². The molecule has 0 spiro atoms. The fraction of sp³-hybridized carbons (Fsp3) is 0.400. The van der Waals surface area contributed by atoms with Crippen LogP contribution in [-0.4, -0.2) is 23.1 Å². The van der Waals surface area contributed by atoms with Crippen LogP contribution in [0.4, 0.5) is 13.2 Å². The zero-order chi connectivity index (χ0) is 16.6. The van der Waals surface area contributed by atoms with Gasteiger partial charge in [-0.05, 0) is 43.4 Å². The Kier molecular flexibility index (Phi) is 4.18. The molecule has 1 N–H and O–H groups in total. The summed E-state index contributed by atoms with van der Waals surface area (Å²) in [5, 5.41) is 0.749. The number of ether oxygens (including phenoxy) is 1. The number of hydrogen-bond donors (Lipinski definition) is 1. The maximum atomic E-state index is 12.4. The fourth-order valence-electron chi connectivity index (χ4n) is 2.37. The van der Waals surface area contributed by atoms with Gasteiger partial charge in [0.05, 0.1) is 6.61 Å². The second kappa shape index (κ2) is 5.99. The Balaban J connectivity index is 1.94. The van der Waals surface area contributed by atoms with E-state index < -0.39 is 23.5 Å². The van der Waals surface area contributed by atoms with Crippen LogP contribution in [-0.2, 0) is 4.74 Å². The summed E-state index contributed by atoms with van der Waals surface area (Å²) in [6, 6.07) is 4.92. The van der Waals surface area contributed by atoms with Gasteiger partial charge >= 0.3 is 11.5 Å². The summed E-state index contributed by atoms with van der Waals surface area (Å²) in [5.74, 6) is -0.104. The van der Waals surface area contributed by atoms with Crippen LogP contribution in [0.5, 0.6) is 5.75 Å². The number of aromatic nitrogens is 1. The van der Waals surface area contributed by atoms with Crippen molar-refractivity contribution in [2.75, 3.05) is 6.61 Å². The van der Waals surface area contributed by atoms with Crippen LogP contribution in [0.15, 0.2) is 18.2 Å². The van der Waals surface area contributed by atoms with Crippen molar-refractivity contribution in [2.45, 2.75) is 31.2 Å². The molecule has 124 valence electrons. The van der Waals surface area contributed by atoms with E-state index in [1.807, 2.05) is 0 Å². The lowest BCUT2D eigenvalue weighted by atomic mass is 10.1. The van der Waals surface area contributed by atoms with Gasteiger partial charge in [0.2, 0.25) is 0 Å². The standard InChI is InChI=1S/C15H14F3NO3S/c1-2-21-14(20)12-6-9-5-10(8-3-4-8)13(7-11(9)19-12)22-23-15(16,17)18/h5-8,19H,2-4H2,1H3. The molecular weight excluding hydrogens is 331 g/mol. The Morgan fingerprint density at radius 3 is 2.70 bits per heavy atom. The molecule has 1 aliphatic carbocycles. The summed E-state index contributed by atoms with van der Waals surface area (Å²) in [5.41, 5.74) is -2.93. The van der Waals surface area contributed by atoms with Gasteiger partial charge in [-0.1, -0.05) is 0 Å². The maximum Gasteiger partial charge on any atom is 0.479 e. The van der Waals surface area contributed by atoms with E-state index in [1.54, 1.807) is 19.1 Å². The van der Waals surface area contributed by atoms with Crippen molar-refractivity contribution in [1.82, 2.24) is 4.98 Å². The second-order valence-electron chi connectivity index (χ2n) is 5.27. The van der Waals surface area contributed by atoms with Gasteiger partial charge in [0.1, 0.15) is 11.4 Å². The lowest BCUT2D eigenvalue weighted by molar-refractivity contribution is -0.0369. The predicted octanol–water partition coefficient (Wildman–Crippen LogP) is 4.77. The van der Waals surface area contributed by atoms with Gasteiger partial charge < -0.3 is 13.9 Å². The molecule has 0 aliphatic heterocycles. The summed E-state index contributed by atoms with van der Waals surface area (Å²) in [6.45, 7) is 1.95. The van der Waals surface area contributed by atoms with Crippen LogP contribution in [0, 0.1) is 0 Å². The predicted molar refractivity (Wildman–Crippen MR) is 80.5 cm³/mol. The number of halogens is 3. The smallest absolute Gasteiger partial charge is 0.461 e. The number of H-pyrrole nitrogens is 1. The number of hydrogen-bond acceptors (Lipinski definition) is 4. The highest BCUT2D eigenvalue weighted by Gasteiger charge is 2.34. The van der Waals surface area contributed by atoms with Crippen molar-refractivity contribution in [3.05, 3.63) is 29.5 Å². The zero-order valence-electron chi connectivity index (χ0n) is 12.2. The van der Waals surface area contributed by atoms with Gasteiger partial charge in [0.25, 0.3) is 0 Å². The molecule has 0 atom stereocenters. The monoisotopic (exact) mass is 345 g/mol. The molecule has 0 amide bonds. The Hall–Kier alpha value is -1.83. The highest BCUT2D eigenvalue weighted by atomic mass is 32.2. The van der Waals surface area contributed by atoms with Crippen LogP contribution in [0.2, 0.25) is 0 Å². The summed E-state index contributed by atoms with van der Waals surface area (Å²) in [7, 11) is 0. The van der Waals surface area contributed by atoms with Crippen molar-refractivity contribution >= 4 is 28.9 Å². The quantitative estimate of drug-likeness (QED) is 0.626. The van der Waals surface area contributed by atoms with Gasteiger partial charge in [-0.15, -0.1) is 0 Å². The molecule has 1 fully saturated rings. The first-order chi connectivity index (χ1) is 10.9. The molecule has 1 aromatic heterocycles. The van der Waals surface area contributed by atoms with E-state index in [4.69, 9.17) is 8.92 Å². The Morgan fingerprint density at radius 2 is 2.09 bits per heavy atom. The van der Waals surface area contributed by atoms with Crippen LogP contribution in [0.1, 0.15) is 41.7 Å². The summed E-state index contributed by atoms with van der Waals surface area (Å²) in [6.07, 6.45) is 1.85. The van der Waals surface area contributed by atoms with Crippen LogP contribution < -0.4 is 4.18 Å². The molecule has 1 heterocycles. The number of carbonyl (C=O) groups is 1. The van der Waals surface area contributed by atoms with Gasteiger partial charge in [-0.2, -0.15) is 13.2 Å². The van der Waals surface area contributed by atoms with E-state index in [1.165, 1.54) is 6.07 Å². The van der Waals surface area contributed by atoms with E-state index in [9.17, 15) is 18.0 Å². The molecule has 0 unspecified atom stereocenters. The third kappa shape index (κ3) is 3.74. The average Bonchev–Trinajstić information content (AvgIpc) is 3.23. The van der Waals surface area contributed by atoms with Crippen LogP contribution in [0.25, 0.3) is 10.9 Å². The Morgan fingerprint density at radius 1 is 1.35 bits per heavy atom. The first kappa shape index (κ1) is 16.0. The highest BCUT2D eigenvalue weighted by molar-refractivity contribution is 7.95. The molecule has 1 aromatic carbocycles. The normalized spacial score (nSPS) is 15.0. The van der Waals surface area contributed by atoms with Crippen LogP contribution >= 0.6 is 12.0 Å². The van der Waals surface area contributed by atoms with E-state index >= 15 is 0 Å². The molecule has 8 heteroatoms. The Labute approximate surface area is 134 Å². The Bertz CT molecular complexity index is 737. The number of fused-ring (bicyclic) bond motifs is 1. The SMILES string of the molecule is CCOC(=O)c1cc2cc(C3CC3)c(OSC(F)(F)F)cc2[nH]1. The summed E-state index contributed by atoms with van der Waals surface area (Å²) < 4.78 is 46.9. The molecule has 2 aromatic rings. The minimum Gasteiger partial charge on any atom is -0.461 e. The molecular formula is C15H14F3NO3S. The number of carbonyl (C=O) groups excluding carboxylic acids is 1. The van der Waals surface area contributed by atoms with Crippen molar-refractivity contribution in [2.24, 2.45) is 0 Å². The fourth-order valence-corrected chi connectivity index (χ4v) is 2.70. The second-order valence-corrected chi connectivity index (χ2v) is 6.06. The number of nitrogens with one attached hydrogen (secondary N) is 1. The van der Waals surface area contributed by atoms with Crippen molar-refractivity contribution in [1.29, 1.82) is 0 Å². The highest BCUT2D eigenvalue weighted by Crippen LogP contribution is 2.47. The molecule has 0 bridgehead atoms. The number of rotatable bonds is 5. The van der Waals surface area contributed by atoms with Gasteiger partial charge in [-0.3, -0.25) is 0 Å². The first-order valence-electron chi connectivity index (χ1n) is 7.13. The summed E-state index contributed by atoms with van der Waals surface area (Å²) >= 11 is -0.530. The van der Waals surface area contributed by atoms with Gasteiger partial charge in [0.15, 0.2) is 12.0 Å². The van der Waals surface area contributed by atoms with Crippen molar-refractivity contribution in [3.63, 3.8) is 0 Å². The number of alkyl halides is 3. The van der Waals surface area contributed by atoms with Crippen molar-refractivity contribution in [3.8, 4) is 5.75 Å². The van der Waals surface area contributed by atoms with Gasteiger partial charge in [-0.25, -0.2) is 4.79 Å². The minimum absolute atomic E-state index is 0.180. The van der Waals surface area contributed by atoms with Crippen LogP contribution in [0.3, 0.4) is 0 Å². The average molecular weight is 345 g/mol. The van der Waals surface area contributed by atoms with E-state index in [-0.39, 0.29) is 24.0 Å². The molecule has 0 saturated heterocycles. The van der Waals surface area contributed by atoms with E-state index in [0.29, 0.717) is 5.52 Å². The summed E-state index contributed by atoms with van der Waals surface area (Å²) in [4.78, 5) is 14.6. The lowest BCUT2D eigenvalue weighted by Gasteiger charge is -2.11. The molecule has 1 aliphatic rings. The zero-order valence-corrected chi connectivity index (χ0v) is 13.0. The van der Waals surface area contributed by atoms with E-state index in [2.05, 4.69) is 4.98 Å². The molecule has 23 heavy (non-hydrogen) atoms. The third-order valence-corrected chi connectivity index (χ3v) is 3.94. The number of benzene rings is 1. The molecule has 1 saturated carbocycles. The first-order valence-corrected chi connectivity index (χ1v) is 7.87. The number of aromatic amines is 1. The molecule has 0 radical (unpaired) electrons. The molecule has 3 rings (SSSR count). The maximum absolute atomic E-state index is 12.4. The molecule has 4 nitrogen and oxygen atoms in total. The lowest BCUT2D eigenvalue weighted by Crippen LogP contribution is -2.04. The van der Waals surface area contributed by atoms with Crippen molar-refractivity contribution < 1.29 is 26.9 Å².